The number of hydrogen-bond donors (Lipinski definition) is 0. The van der Waals surface area contributed by atoms with Crippen LogP contribution >= 0.6 is 12.6 Å². The molecule has 1 unspecified atom stereocenters. The molecule has 0 aromatic heterocycles. The van der Waals surface area contributed by atoms with Crippen LogP contribution in [-0.2, 0) is 9.53 Å². The van der Waals surface area contributed by atoms with Crippen molar-refractivity contribution in [2.24, 2.45) is 5.92 Å². The van der Waals surface area contributed by atoms with Crippen LogP contribution in [0.15, 0.2) is 0 Å². The standard InChI is InChI=1S/C6H11O2S/c1-3-8-6(7)5(2)4-9/h5H,3-4H2,1-2H3. The zero-order chi connectivity index (χ0) is 7.28. The Morgan fingerprint density at radius 3 is 2.67 bits per heavy atom. The summed E-state index contributed by atoms with van der Waals surface area (Å²) in [7, 11) is 0. The summed E-state index contributed by atoms with van der Waals surface area (Å²) in [6.07, 6.45) is 0. The molecule has 0 saturated carbocycles. The molecule has 2 nitrogen and oxygen atoms in total. The third-order valence-corrected chi connectivity index (χ3v) is 1.44. The lowest BCUT2D eigenvalue weighted by atomic mass is 10.2. The normalized spacial score (nSPS) is 12.8. The Hall–Kier alpha value is -0.180. The Bertz CT molecular complexity index is 93.1. The number of carbonyl (C=O) groups excluding carboxylic acids is 1. The van der Waals surface area contributed by atoms with E-state index in [1.165, 1.54) is 0 Å². The van der Waals surface area contributed by atoms with E-state index < -0.39 is 0 Å². The van der Waals surface area contributed by atoms with Gasteiger partial charge in [-0.3, -0.25) is 4.79 Å². The quantitative estimate of drug-likeness (QED) is 0.564. The third-order valence-electron chi connectivity index (χ3n) is 0.939. The maximum Gasteiger partial charge on any atom is 0.309 e. The van der Waals surface area contributed by atoms with E-state index in [-0.39, 0.29) is 11.9 Å². The first-order chi connectivity index (χ1) is 4.22. The molecular weight excluding hydrogens is 136 g/mol. The van der Waals surface area contributed by atoms with Crippen LogP contribution in [0.25, 0.3) is 0 Å². The van der Waals surface area contributed by atoms with Crippen molar-refractivity contribution >= 4 is 18.6 Å². The van der Waals surface area contributed by atoms with Gasteiger partial charge in [-0.25, -0.2) is 0 Å². The van der Waals surface area contributed by atoms with Gasteiger partial charge in [-0.15, -0.1) is 0 Å². The van der Waals surface area contributed by atoms with E-state index in [4.69, 9.17) is 0 Å². The number of hydrogen-bond acceptors (Lipinski definition) is 2. The number of rotatable bonds is 3. The molecule has 0 saturated heterocycles. The summed E-state index contributed by atoms with van der Waals surface area (Å²) in [5.74, 6) is 0.131. The zero-order valence-electron chi connectivity index (χ0n) is 5.72. The second-order valence-corrected chi connectivity index (χ2v) is 2.15. The second-order valence-electron chi connectivity index (χ2n) is 1.82. The number of ether oxygens (including phenoxy) is 1. The van der Waals surface area contributed by atoms with Crippen molar-refractivity contribution in [1.29, 1.82) is 0 Å². The summed E-state index contributed by atoms with van der Waals surface area (Å²) >= 11 is 4.66. The van der Waals surface area contributed by atoms with Gasteiger partial charge in [0.15, 0.2) is 0 Å². The average molecular weight is 147 g/mol. The first-order valence-electron chi connectivity index (χ1n) is 2.97. The van der Waals surface area contributed by atoms with Gasteiger partial charge < -0.3 is 4.74 Å². The van der Waals surface area contributed by atoms with E-state index in [0.717, 1.165) is 0 Å². The van der Waals surface area contributed by atoms with Gasteiger partial charge in [0.25, 0.3) is 0 Å². The van der Waals surface area contributed by atoms with Crippen LogP contribution in [-0.4, -0.2) is 18.3 Å². The molecule has 0 aliphatic rings. The molecule has 0 aliphatic carbocycles. The summed E-state index contributed by atoms with van der Waals surface area (Å²) in [6, 6.07) is 0. The van der Waals surface area contributed by atoms with E-state index in [9.17, 15) is 4.79 Å². The van der Waals surface area contributed by atoms with E-state index in [1.807, 2.05) is 0 Å². The number of esters is 1. The number of carbonyl (C=O) groups is 1. The summed E-state index contributed by atoms with van der Waals surface area (Å²) in [5.41, 5.74) is 0. The van der Waals surface area contributed by atoms with Gasteiger partial charge in [0.2, 0.25) is 0 Å². The molecule has 0 aromatic rings. The Kier molecular flexibility index (Phi) is 4.58. The molecule has 0 aromatic carbocycles. The fraction of sp³-hybridized carbons (Fsp3) is 0.833. The first-order valence-corrected chi connectivity index (χ1v) is 3.54. The monoisotopic (exact) mass is 147 g/mol. The molecule has 0 bridgehead atoms. The van der Waals surface area contributed by atoms with Gasteiger partial charge in [-0.05, 0) is 6.92 Å². The smallest absolute Gasteiger partial charge is 0.309 e. The van der Waals surface area contributed by atoms with E-state index >= 15 is 0 Å². The lowest BCUT2D eigenvalue weighted by Crippen LogP contribution is -2.15. The second kappa shape index (κ2) is 4.68. The Morgan fingerprint density at radius 2 is 2.33 bits per heavy atom. The van der Waals surface area contributed by atoms with Crippen LogP contribution in [0.2, 0.25) is 0 Å². The van der Waals surface area contributed by atoms with Crippen molar-refractivity contribution in [2.75, 3.05) is 12.4 Å². The highest BCUT2D eigenvalue weighted by atomic mass is 32.1. The van der Waals surface area contributed by atoms with Gasteiger partial charge >= 0.3 is 5.97 Å². The highest BCUT2D eigenvalue weighted by Gasteiger charge is 2.10. The van der Waals surface area contributed by atoms with Crippen LogP contribution in [0.1, 0.15) is 13.8 Å². The lowest BCUT2D eigenvalue weighted by Gasteiger charge is -2.04. The van der Waals surface area contributed by atoms with E-state index in [0.29, 0.717) is 12.4 Å². The van der Waals surface area contributed by atoms with Gasteiger partial charge in [0, 0.05) is 5.75 Å². The maximum absolute atomic E-state index is 10.7. The van der Waals surface area contributed by atoms with Crippen molar-refractivity contribution in [3.63, 3.8) is 0 Å². The largest absolute Gasteiger partial charge is 0.466 e. The van der Waals surface area contributed by atoms with Gasteiger partial charge in [-0.1, -0.05) is 19.6 Å². The third kappa shape index (κ3) is 3.40. The molecule has 0 aliphatic heterocycles. The molecule has 0 rings (SSSR count). The fourth-order valence-corrected chi connectivity index (χ4v) is 0.489. The topological polar surface area (TPSA) is 26.3 Å². The molecular formula is C6H11O2S. The van der Waals surface area contributed by atoms with E-state index in [1.54, 1.807) is 13.8 Å². The van der Waals surface area contributed by atoms with Crippen molar-refractivity contribution in [3.05, 3.63) is 0 Å². The van der Waals surface area contributed by atoms with Crippen LogP contribution in [0.5, 0.6) is 0 Å². The first kappa shape index (κ1) is 8.82. The summed E-state index contributed by atoms with van der Waals surface area (Å²) in [5, 5.41) is 0. The molecule has 0 N–H and O–H groups in total. The van der Waals surface area contributed by atoms with Crippen molar-refractivity contribution < 1.29 is 9.53 Å². The summed E-state index contributed by atoms with van der Waals surface area (Å²) in [4.78, 5) is 10.7. The fourth-order valence-electron chi connectivity index (χ4n) is 0.353. The zero-order valence-corrected chi connectivity index (χ0v) is 6.53. The maximum atomic E-state index is 10.7. The summed E-state index contributed by atoms with van der Waals surface area (Å²) in [6.45, 7) is 4.00. The molecule has 1 atom stereocenters. The average Bonchev–Trinajstić information content (AvgIpc) is 1.87. The Balaban J connectivity index is 3.46. The van der Waals surface area contributed by atoms with E-state index in [2.05, 4.69) is 17.4 Å². The SMILES string of the molecule is CCOC(=O)C(C)C[S]. The van der Waals surface area contributed by atoms with Crippen LogP contribution in [0, 0.1) is 5.92 Å². The van der Waals surface area contributed by atoms with Gasteiger partial charge in [-0.2, -0.15) is 0 Å². The minimum Gasteiger partial charge on any atom is -0.466 e. The van der Waals surface area contributed by atoms with Crippen LogP contribution in [0.3, 0.4) is 0 Å². The molecule has 0 amide bonds. The van der Waals surface area contributed by atoms with Gasteiger partial charge in [0.1, 0.15) is 0 Å². The molecule has 53 valence electrons. The van der Waals surface area contributed by atoms with Crippen molar-refractivity contribution in [2.45, 2.75) is 13.8 Å². The molecule has 1 radical (unpaired) electrons. The minimum atomic E-state index is -0.187. The highest BCUT2D eigenvalue weighted by molar-refractivity contribution is 7.80. The van der Waals surface area contributed by atoms with Crippen molar-refractivity contribution in [1.82, 2.24) is 0 Å². The lowest BCUT2D eigenvalue weighted by molar-refractivity contribution is -0.146. The predicted octanol–water partition coefficient (Wildman–Crippen LogP) is 1.38. The van der Waals surface area contributed by atoms with Gasteiger partial charge in [0.05, 0.1) is 12.5 Å². The van der Waals surface area contributed by atoms with Crippen LogP contribution < -0.4 is 0 Å². The minimum absolute atomic E-state index is 0.125. The molecule has 9 heavy (non-hydrogen) atoms. The predicted molar refractivity (Wildman–Crippen MR) is 38.3 cm³/mol. The Labute approximate surface area is 61.0 Å². The highest BCUT2D eigenvalue weighted by Crippen LogP contribution is 1.99. The molecule has 0 spiro atoms. The summed E-state index contributed by atoms with van der Waals surface area (Å²) < 4.78 is 4.69. The molecule has 0 fully saturated rings. The van der Waals surface area contributed by atoms with Crippen LogP contribution in [0.4, 0.5) is 0 Å². The molecule has 0 heterocycles. The molecule has 3 heteroatoms. The van der Waals surface area contributed by atoms with Crippen molar-refractivity contribution in [3.8, 4) is 0 Å². The Morgan fingerprint density at radius 1 is 1.78 bits per heavy atom.